The molecule has 0 aliphatic carbocycles. The molecule has 0 fully saturated rings. The molecule has 66 valence electrons. The SMILES string of the molecule is NCc1ccc(-c2cc[nH]c2)cc1. The molecule has 0 amide bonds. The van der Waals surface area contributed by atoms with Gasteiger partial charge in [-0.15, -0.1) is 0 Å². The smallest absolute Gasteiger partial charge is 0.0178 e. The highest BCUT2D eigenvalue weighted by Crippen LogP contribution is 2.18. The van der Waals surface area contributed by atoms with E-state index in [0.717, 1.165) is 0 Å². The predicted molar refractivity (Wildman–Crippen MR) is 54.1 cm³/mol. The largest absolute Gasteiger partial charge is 0.367 e. The van der Waals surface area contributed by atoms with Crippen molar-refractivity contribution < 1.29 is 0 Å². The number of aromatic nitrogens is 1. The maximum Gasteiger partial charge on any atom is 0.0178 e. The van der Waals surface area contributed by atoms with Gasteiger partial charge in [0.05, 0.1) is 0 Å². The van der Waals surface area contributed by atoms with E-state index in [-0.39, 0.29) is 0 Å². The second-order valence-electron chi connectivity index (χ2n) is 3.00. The van der Waals surface area contributed by atoms with E-state index in [9.17, 15) is 0 Å². The van der Waals surface area contributed by atoms with Gasteiger partial charge in [0, 0.05) is 18.9 Å². The Morgan fingerprint density at radius 3 is 2.31 bits per heavy atom. The summed E-state index contributed by atoms with van der Waals surface area (Å²) in [6.45, 7) is 0.605. The molecule has 0 aliphatic rings. The van der Waals surface area contributed by atoms with Crippen LogP contribution < -0.4 is 5.73 Å². The lowest BCUT2D eigenvalue weighted by Crippen LogP contribution is -1.94. The minimum absolute atomic E-state index is 0.605. The van der Waals surface area contributed by atoms with E-state index in [1.54, 1.807) is 0 Å². The van der Waals surface area contributed by atoms with Crippen LogP contribution in [0.15, 0.2) is 42.7 Å². The van der Waals surface area contributed by atoms with Gasteiger partial charge in [-0.2, -0.15) is 0 Å². The van der Waals surface area contributed by atoms with Gasteiger partial charge in [0.25, 0.3) is 0 Å². The molecule has 0 radical (unpaired) electrons. The van der Waals surface area contributed by atoms with Crippen molar-refractivity contribution in [3.8, 4) is 11.1 Å². The minimum atomic E-state index is 0.605. The lowest BCUT2D eigenvalue weighted by Gasteiger charge is -1.99. The lowest BCUT2D eigenvalue weighted by molar-refractivity contribution is 1.07. The molecule has 0 unspecified atom stereocenters. The van der Waals surface area contributed by atoms with Crippen molar-refractivity contribution in [1.29, 1.82) is 0 Å². The molecule has 2 aromatic rings. The zero-order valence-electron chi connectivity index (χ0n) is 7.33. The Morgan fingerprint density at radius 1 is 1.00 bits per heavy atom. The van der Waals surface area contributed by atoms with E-state index in [1.807, 2.05) is 12.4 Å². The van der Waals surface area contributed by atoms with E-state index < -0.39 is 0 Å². The topological polar surface area (TPSA) is 41.8 Å². The fraction of sp³-hybridized carbons (Fsp3) is 0.0909. The standard InChI is InChI=1S/C11H12N2/c12-7-9-1-3-10(4-2-9)11-5-6-13-8-11/h1-6,8,13H,7,12H2. The van der Waals surface area contributed by atoms with Crippen LogP contribution in [0.4, 0.5) is 0 Å². The van der Waals surface area contributed by atoms with Gasteiger partial charge in [0.15, 0.2) is 0 Å². The second-order valence-corrected chi connectivity index (χ2v) is 3.00. The normalized spacial score (nSPS) is 10.2. The summed E-state index contributed by atoms with van der Waals surface area (Å²) in [4.78, 5) is 3.03. The molecule has 0 atom stereocenters. The first-order valence-corrected chi connectivity index (χ1v) is 4.32. The van der Waals surface area contributed by atoms with E-state index in [2.05, 4.69) is 35.3 Å². The molecule has 1 aromatic carbocycles. The zero-order valence-corrected chi connectivity index (χ0v) is 7.33. The third-order valence-electron chi connectivity index (χ3n) is 2.12. The van der Waals surface area contributed by atoms with Gasteiger partial charge >= 0.3 is 0 Å². The molecule has 0 aliphatic heterocycles. The molecule has 3 N–H and O–H groups in total. The van der Waals surface area contributed by atoms with Crippen LogP contribution in [0.1, 0.15) is 5.56 Å². The predicted octanol–water partition coefficient (Wildman–Crippen LogP) is 2.14. The summed E-state index contributed by atoms with van der Waals surface area (Å²) >= 11 is 0. The first kappa shape index (κ1) is 8.08. The van der Waals surface area contributed by atoms with Crippen LogP contribution in [0.3, 0.4) is 0 Å². The zero-order chi connectivity index (χ0) is 9.10. The quantitative estimate of drug-likeness (QED) is 0.716. The molecule has 13 heavy (non-hydrogen) atoms. The van der Waals surface area contributed by atoms with E-state index >= 15 is 0 Å². The number of H-pyrrole nitrogens is 1. The minimum Gasteiger partial charge on any atom is -0.367 e. The van der Waals surface area contributed by atoms with E-state index in [4.69, 9.17) is 5.73 Å². The average Bonchev–Trinajstić information content (AvgIpc) is 2.71. The summed E-state index contributed by atoms with van der Waals surface area (Å²) in [5.74, 6) is 0. The van der Waals surface area contributed by atoms with Crippen LogP contribution >= 0.6 is 0 Å². The molecule has 0 saturated heterocycles. The number of nitrogens with one attached hydrogen (secondary N) is 1. The maximum atomic E-state index is 5.51. The van der Waals surface area contributed by atoms with Crippen LogP contribution in [0, 0.1) is 0 Å². The Morgan fingerprint density at radius 2 is 1.77 bits per heavy atom. The van der Waals surface area contributed by atoms with Crippen LogP contribution in [-0.4, -0.2) is 4.98 Å². The molecular formula is C11H12N2. The van der Waals surface area contributed by atoms with E-state index in [0.29, 0.717) is 6.54 Å². The molecule has 0 bridgehead atoms. The Kier molecular flexibility index (Phi) is 2.15. The fourth-order valence-corrected chi connectivity index (χ4v) is 1.34. The van der Waals surface area contributed by atoms with Gasteiger partial charge in [0.2, 0.25) is 0 Å². The molecule has 0 saturated carbocycles. The highest BCUT2D eigenvalue weighted by molar-refractivity contribution is 5.62. The second kappa shape index (κ2) is 3.46. The summed E-state index contributed by atoms with van der Waals surface area (Å²) in [6.07, 6.45) is 3.91. The van der Waals surface area contributed by atoms with Crippen LogP contribution in [0.2, 0.25) is 0 Å². The number of rotatable bonds is 2. The average molecular weight is 172 g/mol. The number of nitrogens with two attached hydrogens (primary N) is 1. The summed E-state index contributed by atoms with van der Waals surface area (Å²) in [5.41, 5.74) is 9.11. The van der Waals surface area contributed by atoms with Crippen molar-refractivity contribution in [2.75, 3.05) is 0 Å². The Bertz CT molecular complexity index is 359. The van der Waals surface area contributed by atoms with Crippen molar-refractivity contribution in [1.82, 2.24) is 4.98 Å². The third-order valence-corrected chi connectivity index (χ3v) is 2.12. The maximum absolute atomic E-state index is 5.51. The van der Waals surface area contributed by atoms with Crippen LogP contribution in [-0.2, 0) is 6.54 Å². The number of benzene rings is 1. The number of hydrogen-bond donors (Lipinski definition) is 2. The first-order chi connectivity index (χ1) is 6.40. The van der Waals surface area contributed by atoms with E-state index in [1.165, 1.54) is 16.7 Å². The van der Waals surface area contributed by atoms with Gasteiger partial charge in [-0.25, -0.2) is 0 Å². The molecular weight excluding hydrogens is 160 g/mol. The highest BCUT2D eigenvalue weighted by Gasteiger charge is 1.96. The fourth-order valence-electron chi connectivity index (χ4n) is 1.34. The van der Waals surface area contributed by atoms with Crippen molar-refractivity contribution in [2.45, 2.75) is 6.54 Å². The van der Waals surface area contributed by atoms with Crippen LogP contribution in [0.5, 0.6) is 0 Å². The van der Waals surface area contributed by atoms with Crippen molar-refractivity contribution in [3.05, 3.63) is 48.3 Å². The molecule has 0 spiro atoms. The van der Waals surface area contributed by atoms with Crippen LogP contribution in [0.25, 0.3) is 11.1 Å². The Balaban J connectivity index is 2.33. The molecule has 2 rings (SSSR count). The first-order valence-electron chi connectivity index (χ1n) is 4.32. The van der Waals surface area contributed by atoms with Gasteiger partial charge < -0.3 is 10.7 Å². The number of hydrogen-bond acceptors (Lipinski definition) is 1. The van der Waals surface area contributed by atoms with Gasteiger partial charge in [-0.3, -0.25) is 0 Å². The Hall–Kier alpha value is -1.54. The highest BCUT2D eigenvalue weighted by atomic mass is 14.6. The summed E-state index contributed by atoms with van der Waals surface area (Å²) < 4.78 is 0. The molecule has 1 heterocycles. The number of aromatic amines is 1. The Labute approximate surface area is 77.4 Å². The van der Waals surface area contributed by atoms with Crippen molar-refractivity contribution >= 4 is 0 Å². The van der Waals surface area contributed by atoms with Crippen molar-refractivity contribution in [2.24, 2.45) is 5.73 Å². The molecule has 1 aromatic heterocycles. The van der Waals surface area contributed by atoms with Gasteiger partial charge in [0.1, 0.15) is 0 Å². The van der Waals surface area contributed by atoms with Gasteiger partial charge in [-0.05, 0) is 22.8 Å². The lowest BCUT2D eigenvalue weighted by atomic mass is 10.1. The van der Waals surface area contributed by atoms with Gasteiger partial charge in [-0.1, -0.05) is 24.3 Å². The molecule has 2 nitrogen and oxygen atoms in total. The monoisotopic (exact) mass is 172 g/mol. The summed E-state index contributed by atoms with van der Waals surface area (Å²) in [5, 5.41) is 0. The summed E-state index contributed by atoms with van der Waals surface area (Å²) in [6, 6.07) is 10.3. The third kappa shape index (κ3) is 1.63. The van der Waals surface area contributed by atoms with Crippen molar-refractivity contribution in [3.63, 3.8) is 0 Å². The molecule has 2 heteroatoms. The summed E-state index contributed by atoms with van der Waals surface area (Å²) in [7, 11) is 0.